The SMILES string of the molecule is c1ccc(-c2cccc(N(c3cccc(-c4ccc(-c5ccc6c(c5)-c5ccccc5C6(c5ccccc5)c5ccccc5)cc4)c3)c3ccccc3-c3ccc4c(c3)sc3ccccc34)c2)cc1. The van der Waals surface area contributed by atoms with Crippen LogP contribution in [0.25, 0.3) is 75.8 Å². The standard InChI is InChI=1S/C67H45NS/c1-4-18-46(19-5-1)49-20-16-26-55(42-49)68(64-32-14-11-28-57(64)52-38-40-60-59-30-12-15-33-65(59)69-66(60)45-52)56-27-17-21-50(43-56)47-34-36-48(37-35-47)51-39-41-63-61(44-51)58-29-10-13-31-62(58)67(63,53-22-6-2-7-23-53)54-24-8-3-9-25-54/h1-45H. The molecule has 0 unspecified atom stereocenters. The van der Waals surface area contributed by atoms with Gasteiger partial charge < -0.3 is 4.90 Å². The lowest BCUT2D eigenvalue weighted by Gasteiger charge is -2.33. The Morgan fingerprint density at radius 3 is 1.43 bits per heavy atom. The van der Waals surface area contributed by atoms with Crippen molar-refractivity contribution in [2.45, 2.75) is 5.41 Å². The molecule has 1 aliphatic rings. The molecular weight excluding hydrogens is 851 g/mol. The van der Waals surface area contributed by atoms with E-state index in [2.05, 4.69) is 278 Å². The van der Waals surface area contributed by atoms with Gasteiger partial charge in [0.1, 0.15) is 0 Å². The van der Waals surface area contributed by atoms with Crippen LogP contribution in [0.2, 0.25) is 0 Å². The highest BCUT2D eigenvalue weighted by Crippen LogP contribution is 2.56. The number of nitrogens with zero attached hydrogens (tertiary/aromatic N) is 1. The minimum absolute atomic E-state index is 0.411. The minimum atomic E-state index is -0.411. The van der Waals surface area contributed by atoms with Crippen LogP contribution in [0.4, 0.5) is 17.1 Å². The van der Waals surface area contributed by atoms with E-state index in [1.54, 1.807) is 0 Å². The summed E-state index contributed by atoms with van der Waals surface area (Å²) in [6.07, 6.45) is 0. The average molecular weight is 896 g/mol. The third-order valence-electron chi connectivity index (χ3n) is 14.2. The molecule has 1 aliphatic carbocycles. The van der Waals surface area contributed by atoms with E-state index in [1.807, 2.05) is 11.3 Å². The normalized spacial score (nSPS) is 12.5. The van der Waals surface area contributed by atoms with Crippen LogP contribution in [0.1, 0.15) is 22.3 Å². The van der Waals surface area contributed by atoms with E-state index in [0.29, 0.717) is 0 Å². The maximum absolute atomic E-state index is 2.43. The van der Waals surface area contributed by atoms with E-state index in [9.17, 15) is 0 Å². The zero-order valence-electron chi connectivity index (χ0n) is 37.8. The van der Waals surface area contributed by atoms with Gasteiger partial charge in [-0.25, -0.2) is 0 Å². The molecule has 13 rings (SSSR count). The second-order valence-electron chi connectivity index (χ2n) is 18.0. The van der Waals surface area contributed by atoms with E-state index in [1.165, 1.54) is 92.5 Å². The van der Waals surface area contributed by atoms with Crippen LogP contribution in [-0.4, -0.2) is 0 Å². The molecule has 1 nitrogen and oxygen atoms in total. The van der Waals surface area contributed by atoms with Gasteiger partial charge in [-0.15, -0.1) is 11.3 Å². The second kappa shape index (κ2) is 16.9. The third-order valence-corrected chi connectivity index (χ3v) is 15.3. The number of rotatable bonds is 9. The fraction of sp³-hybridized carbons (Fsp3) is 0.0149. The summed E-state index contributed by atoms with van der Waals surface area (Å²) >= 11 is 1.86. The highest BCUT2D eigenvalue weighted by Gasteiger charge is 2.46. The van der Waals surface area contributed by atoms with Gasteiger partial charge in [-0.1, -0.05) is 224 Å². The Bertz CT molecular complexity index is 3790. The van der Waals surface area contributed by atoms with Gasteiger partial charge in [-0.3, -0.25) is 0 Å². The lowest BCUT2D eigenvalue weighted by atomic mass is 9.67. The van der Waals surface area contributed by atoms with Crippen molar-refractivity contribution in [1.29, 1.82) is 0 Å². The zero-order valence-corrected chi connectivity index (χ0v) is 38.7. The molecule has 0 amide bonds. The molecule has 0 saturated heterocycles. The number of hydrogen-bond acceptors (Lipinski definition) is 2. The largest absolute Gasteiger partial charge is 0.310 e. The average Bonchev–Trinajstić information content (AvgIpc) is 3.95. The molecule has 0 atom stereocenters. The summed E-state index contributed by atoms with van der Waals surface area (Å²) in [4.78, 5) is 2.43. The van der Waals surface area contributed by atoms with Gasteiger partial charge in [0, 0.05) is 37.1 Å². The highest BCUT2D eigenvalue weighted by molar-refractivity contribution is 7.25. The quantitative estimate of drug-likeness (QED) is 0.140. The highest BCUT2D eigenvalue weighted by atomic mass is 32.1. The van der Waals surface area contributed by atoms with Gasteiger partial charge in [-0.2, -0.15) is 0 Å². The van der Waals surface area contributed by atoms with Crippen LogP contribution in [0.5, 0.6) is 0 Å². The number of anilines is 3. The van der Waals surface area contributed by atoms with Crippen LogP contribution in [0.15, 0.2) is 273 Å². The van der Waals surface area contributed by atoms with E-state index in [-0.39, 0.29) is 0 Å². The molecule has 0 N–H and O–H groups in total. The molecule has 11 aromatic carbocycles. The molecular formula is C67H45NS. The van der Waals surface area contributed by atoms with Crippen molar-refractivity contribution in [3.8, 4) is 55.6 Å². The monoisotopic (exact) mass is 895 g/mol. The van der Waals surface area contributed by atoms with E-state index < -0.39 is 5.41 Å². The second-order valence-corrected chi connectivity index (χ2v) is 19.1. The van der Waals surface area contributed by atoms with Crippen molar-refractivity contribution in [1.82, 2.24) is 0 Å². The van der Waals surface area contributed by atoms with Gasteiger partial charge in [0.2, 0.25) is 0 Å². The van der Waals surface area contributed by atoms with Crippen LogP contribution in [0.3, 0.4) is 0 Å². The fourth-order valence-electron chi connectivity index (χ4n) is 11.0. The van der Waals surface area contributed by atoms with Crippen molar-refractivity contribution < 1.29 is 0 Å². The summed E-state index contributed by atoms with van der Waals surface area (Å²) in [6, 6.07) is 100. The van der Waals surface area contributed by atoms with Gasteiger partial charge >= 0.3 is 0 Å². The number of fused-ring (bicyclic) bond motifs is 6. The topological polar surface area (TPSA) is 3.24 Å². The summed E-state index contributed by atoms with van der Waals surface area (Å²) in [7, 11) is 0. The van der Waals surface area contributed by atoms with Crippen LogP contribution >= 0.6 is 11.3 Å². The van der Waals surface area contributed by atoms with Crippen LogP contribution in [-0.2, 0) is 5.41 Å². The Kier molecular flexibility index (Phi) is 10.00. The van der Waals surface area contributed by atoms with E-state index in [0.717, 1.165) is 22.6 Å². The zero-order chi connectivity index (χ0) is 45.7. The van der Waals surface area contributed by atoms with E-state index in [4.69, 9.17) is 0 Å². The predicted octanol–water partition coefficient (Wildman–Crippen LogP) is 18.6. The molecule has 0 radical (unpaired) electrons. The first-order valence-corrected chi connectivity index (χ1v) is 24.5. The van der Waals surface area contributed by atoms with Gasteiger partial charge in [0.15, 0.2) is 0 Å². The first-order valence-electron chi connectivity index (χ1n) is 23.7. The van der Waals surface area contributed by atoms with Crippen molar-refractivity contribution in [2.24, 2.45) is 0 Å². The molecule has 0 fully saturated rings. The number of hydrogen-bond donors (Lipinski definition) is 0. The van der Waals surface area contributed by atoms with Gasteiger partial charge in [0.25, 0.3) is 0 Å². The molecule has 0 aliphatic heterocycles. The summed E-state index contributed by atoms with van der Waals surface area (Å²) in [5.74, 6) is 0. The summed E-state index contributed by atoms with van der Waals surface area (Å²) in [6.45, 7) is 0. The maximum atomic E-state index is 2.43. The Morgan fingerprint density at radius 1 is 0.275 bits per heavy atom. The summed E-state index contributed by atoms with van der Waals surface area (Å²) < 4.78 is 2.61. The molecule has 0 spiro atoms. The maximum Gasteiger partial charge on any atom is 0.0713 e. The molecule has 324 valence electrons. The van der Waals surface area contributed by atoms with Crippen LogP contribution < -0.4 is 4.90 Å². The molecule has 2 heteroatoms. The number of para-hydroxylation sites is 1. The molecule has 1 aromatic heterocycles. The lowest BCUT2D eigenvalue weighted by Crippen LogP contribution is -2.28. The fourth-order valence-corrected chi connectivity index (χ4v) is 12.1. The van der Waals surface area contributed by atoms with Crippen molar-refractivity contribution in [3.05, 3.63) is 295 Å². The Morgan fingerprint density at radius 2 is 0.754 bits per heavy atom. The Labute approximate surface area is 407 Å². The molecule has 0 saturated carbocycles. The molecule has 69 heavy (non-hydrogen) atoms. The van der Waals surface area contributed by atoms with E-state index >= 15 is 0 Å². The lowest BCUT2D eigenvalue weighted by molar-refractivity contribution is 0.768. The molecule has 12 aromatic rings. The van der Waals surface area contributed by atoms with Crippen LogP contribution in [0, 0.1) is 0 Å². The van der Waals surface area contributed by atoms with Gasteiger partial charge in [0.05, 0.1) is 11.1 Å². The van der Waals surface area contributed by atoms with Crippen molar-refractivity contribution in [3.63, 3.8) is 0 Å². The predicted molar refractivity (Wildman–Crippen MR) is 293 cm³/mol. The number of thiophene rings is 1. The number of benzene rings is 11. The van der Waals surface area contributed by atoms with Crippen molar-refractivity contribution >= 4 is 48.6 Å². The third kappa shape index (κ3) is 6.91. The van der Waals surface area contributed by atoms with Crippen molar-refractivity contribution in [2.75, 3.05) is 4.90 Å². The summed E-state index contributed by atoms with van der Waals surface area (Å²) in [5, 5.41) is 2.62. The molecule has 1 heterocycles. The molecule has 0 bridgehead atoms. The smallest absolute Gasteiger partial charge is 0.0713 e. The van der Waals surface area contributed by atoms with Gasteiger partial charge in [-0.05, 0) is 121 Å². The Balaban J connectivity index is 0.895. The first kappa shape index (κ1) is 40.7. The minimum Gasteiger partial charge on any atom is -0.310 e. The first-order chi connectivity index (χ1) is 34.2. The Hall–Kier alpha value is -8.56. The summed E-state index contributed by atoms with van der Waals surface area (Å²) in [5.41, 5.74) is 20.1.